The van der Waals surface area contributed by atoms with Gasteiger partial charge in [-0.15, -0.1) is 0 Å². The third-order valence-corrected chi connectivity index (χ3v) is 3.68. The fourth-order valence-electron chi connectivity index (χ4n) is 2.42. The van der Waals surface area contributed by atoms with Crippen molar-refractivity contribution >= 4 is 5.91 Å². The predicted molar refractivity (Wildman–Crippen MR) is 66.7 cm³/mol. The molecule has 0 heterocycles. The van der Waals surface area contributed by atoms with Crippen LogP contribution in [0.25, 0.3) is 0 Å². The number of carbonyl (C=O) groups is 1. The van der Waals surface area contributed by atoms with Crippen LogP contribution in [0.4, 0.5) is 0 Å². The highest BCUT2D eigenvalue weighted by atomic mass is 16.3. The molecule has 0 bridgehead atoms. The number of amides is 1. The Labute approximate surface area is 103 Å². The van der Waals surface area contributed by atoms with Crippen LogP contribution < -0.4 is 10.6 Å². The van der Waals surface area contributed by atoms with Crippen molar-refractivity contribution in [1.82, 2.24) is 10.6 Å². The van der Waals surface area contributed by atoms with Crippen LogP contribution in [0.15, 0.2) is 0 Å². The molecule has 3 N–H and O–H groups in total. The normalized spacial score (nSPS) is 29.7. The van der Waals surface area contributed by atoms with Crippen LogP contribution in [-0.4, -0.2) is 35.7 Å². The molecule has 2 atom stereocenters. The monoisotopic (exact) mass is 240 g/mol. The summed E-state index contributed by atoms with van der Waals surface area (Å²) in [6, 6.07) is 0.636. The number of carbonyl (C=O) groups excluding carboxylic acids is 1. The van der Waals surface area contributed by atoms with Gasteiger partial charge in [0.05, 0.1) is 6.10 Å². The number of hydrogen-bond donors (Lipinski definition) is 3. The van der Waals surface area contributed by atoms with E-state index in [0.29, 0.717) is 19.0 Å². The summed E-state index contributed by atoms with van der Waals surface area (Å²) in [5.41, 5.74) is 0. The van der Waals surface area contributed by atoms with Crippen molar-refractivity contribution in [2.75, 3.05) is 6.54 Å². The zero-order valence-corrected chi connectivity index (χ0v) is 10.5. The Morgan fingerprint density at radius 3 is 2.65 bits per heavy atom. The fourth-order valence-corrected chi connectivity index (χ4v) is 2.42. The Hall–Kier alpha value is -0.610. The van der Waals surface area contributed by atoms with E-state index in [9.17, 15) is 9.90 Å². The van der Waals surface area contributed by atoms with Crippen LogP contribution in [0, 0.1) is 0 Å². The SMILES string of the molecule is O=C(CCNC1CCCCCC1O)NC1CC1. The first kappa shape index (κ1) is 12.8. The summed E-state index contributed by atoms with van der Waals surface area (Å²) in [5.74, 6) is 0.142. The maximum Gasteiger partial charge on any atom is 0.221 e. The maximum atomic E-state index is 11.5. The topological polar surface area (TPSA) is 61.4 Å². The van der Waals surface area contributed by atoms with Crippen LogP contribution in [0.1, 0.15) is 51.4 Å². The summed E-state index contributed by atoms with van der Waals surface area (Å²) in [4.78, 5) is 11.5. The number of aliphatic hydroxyl groups excluding tert-OH is 1. The lowest BCUT2D eigenvalue weighted by atomic mass is 10.1. The minimum Gasteiger partial charge on any atom is -0.392 e. The molecule has 0 saturated heterocycles. The van der Waals surface area contributed by atoms with Gasteiger partial charge in [0, 0.05) is 25.0 Å². The number of aliphatic hydroxyl groups is 1. The van der Waals surface area contributed by atoms with Gasteiger partial charge in [-0.1, -0.05) is 19.3 Å². The molecule has 2 unspecified atom stereocenters. The highest BCUT2D eigenvalue weighted by Gasteiger charge is 2.24. The molecule has 2 saturated carbocycles. The molecule has 0 aromatic heterocycles. The average Bonchev–Trinajstić information content (AvgIpc) is 3.09. The minimum atomic E-state index is -0.232. The first-order valence-electron chi connectivity index (χ1n) is 6.96. The molecule has 2 aliphatic rings. The van der Waals surface area contributed by atoms with Gasteiger partial charge in [-0.05, 0) is 25.7 Å². The largest absolute Gasteiger partial charge is 0.392 e. The van der Waals surface area contributed by atoms with Crippen LogP contribution in [0.3, 0.4) is 0 Å². The number of hydrogen-bond acceptors (Lipinski definition) is 3. The molecule has 0 aromatic carbocycles. The van der Waals surface area contributed by atoms with Crippen LogP contribution in [0.5, 0.6) is 0 Å². The Morgan fingerprint density at radius 2 is 1.88 bits per heavy atom. The Morgan fingerprint density at radius 1 is 1.12 bits per heavy atom. The zero-order chi connectivity index (χ0) is 12.1. The summed E-state index contributed by atoms with van der Waals surface area (Å²) in [5, 5.41) is 16.2. The molecule has 98 valence electrons. The molecule has 2 aliphatic carbocycles. The van der Waals surface area contributed by atoms with E-state index in [1.807, 2.05) is 0 Å². The third-order valence-electron chi connectivity index (χ3n) is 3.68. The molecule has 0 radical (unpaired) electrons. The minimum absolute atomic E-state index is 0.142. The van der Waals surface area contributed by atoms with E-state index < -0.39 is 0 Å². The highest BCUT2D eigenvalue weighted by Crippen LogP contribution is 2.19. The van der Waals surface area contributed by atoms with E-state index in [0.717, 1.165) is 32.1 Å². The molecule has 17 heavy (non-hydrogen) atoms. The van der Waals surface area contributed by atoms with Crippen LogP contribution in [-0.2, 0) is 4.79 Å². The second kappa shape index (κ2) is 6.36. The van der Waals surface area contributed by atoms with Crippen molar-refractivity contribution in [3.8, 4) is 0 Å². The van der Waals surface area contributed by atoms with Crippen molar-refractivity contribution in [2.45, 2.75) is 69.6 Å². The van der Waals surface area contributed by atoms with Gasteiger partial charge in [0.2, 0.25) is 5.91 Å². The summed E-state index contributed by atoms with van der Waals surface area (Å²) in [6.07, 6.45) is 8.03. The van der Waals surface area contributed by atoms with Crippen LogP contribution in [0.2, 0.25) is 0 Å². The van der Waals surface area contributed by atoms with Gasteiger partial charge in [0.25, 0.3) is 0 Å². The molecule has 2 fully saturated rings. The molecule has 0 aromatic rings. The Balaban J connectivity index is 1.60. The van der Waals surface area contributed by atoms with Crippen molar-refractivity contribution < 1.29 is 9.90 Å². The van der Waals surface area contributed by atoms with E-state index >= 15 is 0 Å². The molecule has 4 heteroatoms. The van der Waals surface area contributed by atoms with Gasteiger partial charge < -0.3 is 15.7 Å². The number of nitrogens with one attached hydrogen (secondary N) is 2. The van der Waals surface area contributed by atoms with Gasteiger partial charge in [-0.25, -0.2) is 0 Å². The van der Waals surface area contributed by atoms with Gasteiger partial charge in [-0.3, -0.25) is 4.79 Å². The highest BCUT2D eigenvalue weighted by molar-refractivity contribution is 5.76. The average molecular weight is 240 g/mol. The van der Waals surface area contributed by atoms with Crippen molar-refractivity contribution in [1.29, 1.82) is 0 Å². The summed E-state index contributed by atoms with van der Waals surface area (Å²) in [7, 11) is 0. The Bertz CT molecular complexity index is 254. The van der Waals surface area contributed by atoms with Crippen molar-refractivity contribution in [3.05, 3.63) is 0 Å². The fraction of sp³-hybridized carbons (Fsp3) is 0.923. The summed E-state index contributed by atoms with van der Waals surface area (Å²) in [6.45, 7) is 0.681. The summed E-state index contributed by atoms with van der Waals surface area (Å²) < 4.78 is 0. The third kappa shape index (κ3) is 4.64. The van der Waals surface area contributed by atoms with E-state index in [1.165, 1.54) is 12.8 Å². The predicted octanol–water partition coefficient (Wildman–Crippen LogP) is 0.938. The van der Waals surface area contributed by atoms with Gasteiger partial charge in [0.1, 0.15) is 0 Å². The number of rotatable bonds is 5. The lowest BCUT2D eigenvalue weighted by Crippen LogP contribution is -2.41. The second-order valence-corrected chi connectivity index (χ2v) is 5.36. The van der Waals surface area contributed by atoms with Gasteiger partial charge in [-0.2, -0.15) is 0 Å². The lowest BCUT2D eigenvalue weighted by Gasteiger charge is -2.21. The lowest BCUT2D eigenvalue weighted by molar-refractivity contribution is -0.121. The van der Waals surface area contributed by atoms with Crippen molar-refractivity contribution in [2.24, 2.45) is 0 Å². The Kier molecular flexibility index (Phi) is 4.80. The van der Waals surface area contributed by atoms with E-state index in [1.54, 1.807) is 0 Å². The quantitative estimate of drug-likeness (QED) is 0.627. The first-order chi connectivity index (χ1) is 8.25. The smallest absolute Gasteiger partial charge is 0.221 e. The molecule has 0 spiro atoms. The van der Waals surface area contributed by atoms with Crippen molar-refractivity contribution in [3.63, 3.8) is 0 Å². The molecule has 0 aliphatic heterocycles. The van der Waals surface area contributed by atoms with E-state index in [4.69, 9.17) is 0 Å². The maximum absolute atomic E-state index is 11.5. The van der Waals surface area contributed by atoms with Gasteiger partial charge in [0.15, 0.2) is 0 Å². The zero-order valence-electron chi connectivity index (χ0n) is 10.5. The molecule has 2 rings (SSSR count). The molecule has 1 amide bonds. The first-order valence-corrected chi connectivity index (χ1v) is 6.96. The van der Waals surface area contributed by atoms with Gasteiger partial charge >= 0.3 is 0 Å². The molecule has 4 nitrogen and oxygen atoms in total. The second-order valence-electron chi connectivity index (χ2n) is 5.36. The summed E-state index contributed by atoms with van der Waals surface area (Å²) >= 11 is 0. The molecular formula is C13H24N2O2. The molecular weight excluding hydrogens is 216 g/mol. The van der Waals surface area contributed by atoms with Crippen LogP contribution >= 0.6 is 0 Å². The van der Waals surface area contributed by atoms with E-state index in [-0.39, 0.29) is 18.1 Å². The van der Waals surface area contributed by atoms with E-state index in [2.05, 4.69) is 10.6 Å². The standard InChI is InChI=1S/C13H24N2O2/c16-12-5-3-1-2-4-11(12)14-9-8-13(17)15-10-6-7-10/h10-12,14,16H,1-9H2,(H,15,17).